The smallest absolute Gasteiger partial charge is 0.253 e. The Kier molecular flexibility index (Phi) is 4.97. The monoisotopic (exact) mass is 260 g/mol. The van der Waals surface area contributed by atoms with E-state index >= 15 is 0 Å². The fraction of sp³-hybridized carbons (Fsp3) is 0.562. The van der Waals surface area contributed by atoms with Gasteiger partial charge in [0.1, 0.15) is 0 Å². The lowest BCUT2D eigenvalue weighted by Gasteiger charge is -2.22. The molecule has 1 heterocycles. The molecule has 0 unspecified atom stereocenters. The first-order valence-electron chi connectivity index (χ1n) is 7.18. The van der Waals surface area contributed by atoms with Crippen LogP contribution < -0.4 is 5.32 Å². The van der Waals surface area contributed by atoms with Gasteiger partial charge < -0.3 is 10.2 Å². The predicted octanol–water partition coefficient (Wildman–Crippen LogP) is 2.32. The second-order valence-corrected chi connectivity index (χ2v) is 5.63. The van der Waals surface area contributed by atoms with Crippen LogP contribution in [0, 0.1) is 5.92 Å². The molecule has 1 aliphatic heterocycles. The summed E-state index contributed by atoms with van der Waals surface area (Å²) in [5.41, 5.74) is 2.12. The molecule has 19 heavy (non-hydrogen) atoms. The van der Waals surface area contributed by atoms with Gasteiger partial charge in [0.15, 0.2) is 0 Å². The molecule has 104 valence electrons. The van der Waals surface area contributed by atoms with Crippen molar-refractivity contribution >= 4 is 5.91 Å². The summed E-state index contributed by atoms with van der Waals surface area (Å²) in [5.74, 6) is 0.939. The first-order valence-corrected chi connectivity index (χ1v) is 7.18. The molecule has 0 radical (unpaired) electrons. The fourth-order valence-electron chi connectivity index (χ4n) is 2.61. The lowest BCUT2D eigenvalue weighted by Crippen LogP contribution is -2.27. The average Bonchev–Trinajstić information content (AvgIpc) is 2.46. The molecule has 0 spiro atoms. The van der Waals surface area contributed by atoms with E-state index in [9.17, 15) is 4.79 Å². The summed E-state index contributed by atoms with van der Waals surface area (Å²) in [7, 11) is 3.57. The van der Waals surface area contributed by atoms with E-state index in [1.54, 1.807) is 19.0 Å². The number of carbonyl (C=O) groups is 1. The molecule has 3 nitrogen and oxygen atoms in total. The van der Waals surface area contributed by atoms with Crippen molar-refractivity contribution in [2.24, 2.45) is 5.92 Å². The van der Waals surface area contributed by atoms with Crippen molar-refractivity contribution in [3.63, 3.8) is 0 Å². The van der Waals surface area contributed by atoms with E-state index in [2.05, 4.69) is 17.4 Å². The number of hydrogen-bond acceptors (Lipinski definition) is 2. The van der Waals surface area contributed by atoms with Gasteiger partial charge in [-0.2, -0.15) is 0 Å². The van der Waals surface area contributed by atoms with E-state index in [0.29, 0.717) is 0 Å². The molecule has 0 atom stereocenters. The van der Waals surface area contributed by atoms with Crippen LogP contribution >= 0.6 is 0 Å². The molecule has 1 N–H and O–H groups in total. The highest BCUT2D eigenvalue weighted by atomic mass is 16.2. The number of rotatable bonds is 4. The average molecular weight is 260 g/mol. The van der Waals surface area contributed by atoms with Gasteiger partial charge in [-0.15, -0.1) is 0 Å². The summed E-state index contributed by atoms with van der Waals surface area (Å²) in [6.45, 7) is 2.34. The third-order valence-corrected chi connectivity index (χ3v) is 3.91. The summed E-state index contributed by atoms with van der Waals surface area (Å²) in [6, 6.07) is 8.08. The Morgan fingerprint density at radius 3 is 2.42 bits per heavy atom. The van der Waals surface area contributed by atoms with Crippen molar-refractivity contribution in [2.45, 2.75) is 25.7 Å². The van der Waals surface area contributed by atoms with Crippen molar-refractivity contribution in [1.82, 2.24) is 10.2 Å². The molecule has 0 saturated carbocycles. The number of piperidine rings is 1. The number of carbonyl (C=O) groups excluding carboxylic acids is 1. The highest BCUT2D eigenvalue weighted by molar-refractivity contribution is 5.93. The largest absolute Gasteiger partial charge is 0.345 e. The van der Waals surface area contributed by atoms with Gasteiger partial charge >= 0.3 is 0 Å². The molecular weight excluding hydrogens is 236 g/mol. The normalized spacial score (nSPS) is 16.3. The van der Waals surface area contributed by atoms with Gasteiger partial charge in [-0.05, 0) is 62.4 Å². The Hall–Kier alpha value is -1.35. The molecular formula is C16H24N2O. The molecule has 2 rings (SSSR count). The number of amides is 1. The zero-order valence-electron chi connectivity index (χ0n) is 12.0. The number of aryl methyl sites for hydroxylation is 1. The Bertz CT molecular complexity index is 405. The molecule has 1 saturated heterocycles. The molecule has 0 aliphatic carbocycles. The maximum atomic E-state index is 11.8. The SMILES string of the molecule is CN(C)C(=O)c1ccc(CCC2CCNCC2)cc1. The van der Waals surface area contributed by atoms with E-state index in [1.807, 2.05) is 12.1 Å². The van der Waals surface area contributed by atoms with Gasteiger partial charge in [-0.1, -0.05) is 12.1 Å². The fourth-order valence-corrected chi connectivity index (χ4v) is 2.61. The molecule has 0 aromatic heterocycles. The third kappa shape index (κ3) is 4.06. The van der Waals surface area contributed by atoms with E-state index in [-0.39, 0.29) is 5.91 Å². The molecule has 0 bridgehead atoms. The zero-order chi connectivity index (χ0) is 13.7. The Morgan fingerprint density at radius 2 is 1.84 bits per heavy atom. The van der Waals surface area contributed by atoms with E-state index in [1.165, 1.54) is 37.9 Å². The van der Waals surface area contributed by atoms with Crippen LogP contribution in [0.3, 0.4) is 0 Å². The summed E-state index contributed by atoms with van der Waals surface area (Å²) < 4.78 is 0. The van der Waals surface area contributed by atoms with E-state index in [0.717, 1.165) is 17.9 Å². The Morgan fingerprint density at radius 1 is 1.21 bits per heavy atom. The van der Waals surface area contributed by atoms with Crippen molar-refractivity contribution in [3.05, 3.63) is 35.4 Å². The van der Waals surface area contributed by atoms with Crippen molar-refractivity contribution in [2.75, 3.05) is 27.2 Å². The second kappa shape index (κ2) is 6.71. The molecule has 1 fully saturated rings. The van der Waals surface area contributed by atoms with Crippen molar-refractivity contribution < 1.29 is 4.79 Å². The molecule has 1 aromatic carbocycles. The summed E-state index contributed by atoms with van der Waals surface area (Å²) in [5, 5.41) is 3.40. The molecule has 1 amide bonds. The minimum Gasteiger partial charge on any atom is -0.345 e. The van der Waals surface area contributed by atoms with Gasteiger partial charge in [0.25, 0.3) is 5.91 Å². The Labute approximate surface area is 116 Å². The van der Waals surface area contributed by atoms with Crippen LogP contribution in [0.5, 0.6) is 0 Å². The van der Waals surface area contributed by atoms with Gasteiger partial charge in [-0.25, -0.2) is 0 Å². The summed E-state index contributed by atoms with van der Waals surface area (Å²) >= 11 is 0. The van der Waals surface area contributed by atoms with Gasteiger partial charge in [0, 0.05) is 19.7 Å². The highest BCUT2D eigenvalue weighted by Crippen LogP contribution is 2.19. The van der Waals surface area contributed by atoms with E-state index < -0.39 is 0 Å². The first-order chi connectivity index (χ1) is 9.16. The maximum Gasteiger partial charge on any atom is 0.253 e. The van der Waals surface area contributed by atoms with Crippen LogP contribution in [0.1, 0.15) is 35.2 Å². The van der Waals surface area contributed by atoms with Crippen LogP contribution in [-0.4, -0.2) is 38.0 Å². The quantitative estimate of drug-likeness (QED) is 0.901. The molecule has 1 aromatic rings. The number of nitrogens with one attached hydrogen (secondary N) is 1. The van der Waals surface area contributed by atoms with Crippen LogP contribution in [0.4, 0.5) is 0 Å². The maximum absolute atomic E-state index is 11.8. The highest BCUT2D eigenvalue weighted by Gasteiger charge is 2.13. The van der Waals surface area contributed by atoms with Crippen LogP contribution in [0.2, 0.25) is 0 Å². The lowest BCUT2D eigenvalue weighted by atomic mass is 9.91. The zero-order valence-corrected chi connectivity index (χ0v) is 12.0. The summed E-state index contributed by atoms with van der Waals surface area (Å²) in [4.78, 5) is 13.4. The number of benzene rings is 1. The summed E-state index contributed by atoms with van der Waals surface area (Å²) in [6.07, 6.45) is 5.00. The third-order valence-electron chi connectivity index (χ3n) is 3.91. The minimum atomic E-state index is 0.0740. The Balaban J connectivity index is 1.86. The van der Waals surface area contributed by atoms with Crippen molar-refractivity contribution in [1.29, 1.82) is 0 Å². The number of nitrogens with zero attached hydrogens (tertiary/aromatic N) is 1. The molecule has 1 aliphatic rings. The van der Waals surface area contributed by atoms with Crippen LogP contribution in [-0.2, 0) is 6.42 Å². The lowest BCUT2D eigenvalue weighted by molar-refractivity contribution is 0.0827. The molecule has 3 heteroatoms. The number of hydrogen-bond donors (Lipinski definition) is 1. The van der Waals surface area contributed by atoms with Crippen LogP contribution in [0.15, 0.2) is 24.3 Å². The van der Waals surface area contributed by atoms with Gasteiger partial charge in [0.2, 0.25) is 0 Å². The van der Waals surface area contributed by atoms with E-state index in [4.69, 9.17) is 0 Å². The van der Waals surface area contributed by atoms with Gasteiger partial charge in [0.05, 0.1) is 0 Å². The first kappa shape index (κ1) is 14.1. The van der Waals surface area contributed by atoms with Crippen LogP contribution in [0.25, 0.3) is 0 Å². The predicted molar refractivity (Wildman–Crippen MR) is 78.4 cm³/mol. The minimum absolute atomic E-state index is 0.0740. The van der Waals surface area contributed by atoms with Gasteiger partial charge in [-0.3, -0.25) is 4.79 Å². The topological polar surface area (TPSA) is 32.3 Å². The standard InChI is InChI=1S/C16H24N2O/c1-18(2)16(19)15-7-5-13(6-8-15)3-4-14-9-11-17-12-10-14/h5-8,14,17H,3-4,9-12H2,1-2H3. The van der Waals surface area contributed by atoms with Crippen molar-refractivity contribution in [3.8, 4) is 0 Å². The second-order valence-electron chi connectivity index (χ2n) is 5.63.